The van der Waals surface area contributed by atoms with E-state index in [1.807, 2.05) is 0 Å². The van der Waals surface area contributed by atoms with Crippen molar-refractivity contribution in [3.05, 3.63) is 11.6 Å². The van der Waals surface area contributed by atoms with E-state index in [-0.39, 0.29) is 39.4 Å². The molecule has 4 saturated carbocycles. The molecule has 20 heteroatoms. The number of carboxylic acid groups (broad SMARTS) is 1. The Hall–Kier alpha value is -1.96. The van der Waals surface area contributed by atoms with Gasteiger partial charge in [0.05, 0.1) is 36.8 Å². The second kappa shape index (κ2) is 18.5. The first-order chi connectivity index (χ1) is 31.8. The Morgan fingerprint density at radius 3 is 1.88 bits per heavy atom. The van der Waals surface area contributed by atoms with Gasteiger partial charge in [0.15, 0.2) is 12.6 Å². The van der Waals surface area contributed by atoms with Crippen molar-refractivity contribution >= 4 is 11.9 Å². The first kappa shape index (κ1) is 52.4. The van der Waals surface area contributed by atoms with E-state index in [0.717, 1.165) is 6.42 Å². The van der Waals surface area contributed by atoms with E-state index in [9.17, 15) is 66.1 Å². The zero-order chi connectivity index (χ0) is 49.8. The molecule has 0 aromatic carbocycles. The Morgan fingerprint density at radius 2 is 1.24 bits per heavy atom. The van der Waals surface area contributed by atoms with Gasteiger partial charge in [-0.2, -0.15) is 0 Å². The average molecular weight is 973 g/mol. The molecule has 0 radical (unpaired) electrons. The highest BCUT2D eigenvalue weighted by Gasteiger charge is 2.71. The number of allylic oxidation sites excluding steroid dienone is 2. The van der Waals surface area contributed by atoms with Gasteiger partial charge in [-0.05, 0) is 111 Å². The summed E-state index contributed by atoms with van der Waals surface area (Å²) in [5, 5.41) is 128. The third-order valence-electron chi connectivity index (χ3n) is 19.4. The number of hydrogen-bond donors (Lipinski definition) is 12. The number of aliphatic carboxylic acids is 1. The first-order valence-corrected chi connectivity index (χ1v) is 24.5. The fraction of sp³-hybridized carbons (Fsp3) is 0.917. The molecule has 68 heavy (non-hydrogen) atoms. The lowest BCUT2D eigenvalue weighted by molar-refractivity contribution is -0.363. The van der Waals surface area contributed by atoms with Crippen LogP contribution in [0.15, 0.2) is 11.6 Å². The molecule has 0 aromatic heterocycles. The minimum absolute atomic E-state index is 0.121. The normalized spacial score (nSPS) is 53.4. The summed E-state index contributed by atoms with van der Waals surface area (Å²) in [7, 11) is 0. The fourth-order valence-electron chi connectivity index (χ4n) is 14.8. The minimum atomic E-state index is -1.99. The molecule has 0 aromatic rings. The third kappa shape index (κ3) is 8.03. The first-order valence-electron chi connectivity index (χ1n) is 24.5. The fourth-order valence-corrected chi connectivity index (χ4v) is 14.8. The topological polar surface area (TPSA) is 332 Å². The van der Waals surface area contributed by atoms with Crippen molar-refractivity contribution in [1.82, 2.24) is 0 Å². The number of hydrogen-bond acceptors (Lipinski definition) is 19. The quantitative estimate of drug-likeness (QED) is 0.0942. The number of esters is 1. The van der Waals surface area contributed by atoms with Gasteiger partial charge < -0.3 is 89.7 Å². The Kier molecular flexibility index (Phi) is 14.3. The van der Waals surface area contributed by atoms with E-state index in [1.54, 1.807) is 6.92 Å². The van der Waals surface area contributed by atoms with Gasteiger partial charge in [-0.1, -0.05) is 46.3 Å². The highest BCUT2D eigenvalue weighted by Crippen LogP contribution is 2.76. The molecule has 0 amide bonds. The summed E-state index contributed by atoms with van der Waals surface area (Å²) in [6.07, 6.45) is -18.7. The largest absolute Gasteiger partial charge is 0.481 e. The average Bonchev–Trinajstić information content (AvgIpc) is 3.29. The molecule has 388 valence electrons. The molecule has 5 aliphatic carbocycles. The predicted molar refractivity (Wildman–Crippen MR) is 232 cm³/mol. The highest BCUT2D eigenvalue weighted by atomic mass is 16.8. The molecule has 3 aliphatic heterocycles. The van der Waals surface area contributed by atoms with Crippen molar-refractivity contribution in [1.29, 1.82) is 0 Å². The van der Waals surface area contributed by atoms with Gasteiger partial charge >= 0.3 is 11.9 Å². The molecule has 20 nitrogen and oxygen atoms in total. The minimum Gasteiger partial charge on any atom is -0.481 e. The van der Waals surface area contributed by atoms with E-state index in [1.165, 1.54) is 5.57 Å². The van der Waals surface area contributed by atoms with Crippen LogP contribution < -0.4 is 0 Å². The van der Waals surface area contributed by atoms with E-state index in [4.69, 9.17) is 28.4 Å². The third-order valence-corrected chi connectivity index (χ3v) is 19.4. The van der Waals surface area contributed by atoms with Gasteiger partial charge in [0.25, 0.3) is 0 Å². The van der Waals surface area contributed by atoms with E-state index < -0.39 is 141 Å². The smallest absolute Gasteiger partial charge is 0.315 e. The van der Waals surface area contributed by atoms with Gasteiger partial charge in [-0.25, -0.2) is 0 Å². The van der Waals surface area contributed by atoms with Crippen LogP contribution in [-0.2, 0) is 38.0 Å². The molecule has 12 N–H and O–H groups in total. The molecule has 3 heterocycles. The number of rotatable bonds is 10. The van der Waals surface area contributed by atoms with Gasteiger partial charge in [-0.3, -0.25) is 9.59 Å². The molecule has 8 aliphatic rings. The van der Waals surface area contributed by atoms with Gasteiger partial charge in [0, 0.05) is 0 Å². The highest BCUT2D eigenvalue weighted by molar-refractivity contribution is 5.79. The van der Waals surface area contributed by atoms with Crippen LogP contribution in [0.1, 0.15) is 106 Å². The van der Waals surface area contributed by atoms with Crippen molar-refractivity contribution in [2.45, 2.75) is 204 Å². The molecular weight excluding hydrogens is 897 g/mol. The molecular formula is C48H76O20. The van der Waals surface area contributed by atoms with Crippen LogP contribution in [-0.4, -0.2) is 191 Å². The summed E-state index contributed by atoms with van der Waals surface area (Å²) in [5.74, 6) is -1.97. The second-order valence-electron chi connectivity index (χ2n) is 23.3. The Morgan fingerprint density at radius 1 is 0.647 bits per heavy atom. The van der Waals surface area contributed by atoms with Gasteiger partial charge in [0.1, 0.15) is 73.2 Å². The van der Waals surface area contributed by atoms with E-state index in [2.05, 4.69) is 40.7 Å². The molecule has 24 unspecified atom stereocenters. The molecule has 8 rings (SSSR count). The Bertz CT molecular complexity index is 1900. The summed E-state index contributed by atoms with van der Waals surface area (Å²) in [4.78, 5) is 28.0. The Labute approximate surface area is 396 Å². The van der Waals surface area contributed by atoms with Gasteiger partial charge in [-0.15, -0.1) is 0 Å². The van der Waals surface area contributed by atoms with Crippen LogP contribution in [0, 0.1) is 50.2 Å². The number of carbonyl (C=O) groups is 2. The zero-order valence-electron chi connectivity index (χ0n) is 39.9. The molecule has 3 saturated heterocycles. The molecule has 0 bridgehead atoms. The van der Waals surface area contributed by atoms with Crippen molar-refractivity contribution in [2.75, 3.05) is 19.8 Å². The van der Waals surface area contributed by atoms with Crippen LogP contribution in [0.2, 0.25) is 0 Å². The van der Waals surface area contributed by atoms with E-state index >= 15 is 4.79 Å². The Balaban J connectivity index is 1.02. The summed E-state index contributed by atoms with van der Waals surface area (Å²) < 4.78 is 34.6. The SMILES string of the molecule is CC1(C)CCC2(C(=O)OC3OC(CO)C(O)C(OC4OC(COC5OC(CO)C(O)C(O)C5O)C(O)C(O)C4O)C3O)CCC3(C)C(=CCC4C5(C)CCC(O)C(C)(C(=O)O)C5CCC43C)C2C1. The number of carboxylic acids is 1. The number of carbonyl (C=O) groups excluding carboxylic acids is 1. The maximum atomic E-state index is 15.1. The van der Waals surface area contributed by atoms with Crippen LogP contribution in [0.3, 0.4) is 0 Å². The number of aliphatic hydroxyl groups excluding tert-OH is 11. The summed E-state index contributed by atoms with van der Waals surface area (Å²) >= 11 is 0. The van der Waals surface area contributed by atoms with Crippen molar-refractivity contribution < 1.29 is 99.3 Å². The van der Waals surface area contributed by atoms with Crippen molar-refractivity contribution in [3.63, 3.8) is 0 Å². The van der Waals surface area contributed by atoms with Crippen LogP contribution >= 0.6 is 0 Å². The maximum Gasteiger partial charge on any atom is 0.315 e. The lowest BCUT2D eigenvalue weighted by atomic mass is 9.33. The van der Waals surface area contributed by atoms with Gasteiger partial charge in [0.2, 0.25) is 6.29 Å². The number of aliphatic hydroxyl groups is 11. The lowest BCUT2D eigenvalue weighted by Gasteiger charge is -2.71. The molecule has 0 spiro atoms. The summed E-state index contributed by atoms with van der Waals surface area (Å²) in [6, 6.07) is 0. The maximum absolute atomic E-state index is 15.1. The van der Waals surface area contributed by atoms with Crippen LogP contribution in [0.4, 0.5) is 0 Å². The van der Waals surface area contributed by atoms with E-state index in [0.29, 0.717) is 57.8 Å². The molecule has 24 atom stereocenters. The standard InChI is InChI=1S/C48H76O20/c1-43(2)13-15-48(16-14-45(4)21(22(48)17-43)7-8-26-44(3)11-10-28(51)47(6,41(60)61)27(44)9-12-46(26,45)5)42(62)68-40-36(59)37(31(54)24(19-50)65-40)67-39-35(58)33(56)30(53)25(66-39)20-63-38-34(57)32(55)29(52)23(18-49)64-38/h7,22-40,49-59H,8-20H2,1-6H3,(H,60,61). The predicted octanol–water partition coefficient (Wildman–Crippen LogP) is -0.795. The summed E-state index contributed by atoms with van der Waals surface area (Å²) in [6.45, 7) is 10.7. The van der Waals surface area contributed by atoms with Crippen LogP contribution in [0.25, 0.3) is 0 Å². The monoisotopic (exact) mass is 972 g/mol. The second-order valence-corrected chi connectivity index (χ2v) is 23.3. The van der Waals surface area contributed by atoms with Crippen molar-refractivity contribution in [2.24, 2.45) is 50.2 Å². The molecule has 7 fully saturated rings. The zero-order valence-corrected chi connectivity index (χ0v) is 39.9. The lowest BCUT2D eigenvalue weighted by Crippen LogP contribution is -2.67. The summed E-state index contributed by atoms with van der Waals surface area (Å²) in [5.41, 5.74) is -2.30. The van der Waals surface area contributed by atoms with Crippen LogP contribution in [0.5, 0.6) is 0 Å². The van der Waals surface area contributed by atoms with Crippen molar-refractivity contribution in [3.8, 4) is 0 Å². The number of fused-ring (bicyclic) bond motifs is 7. The number of ether oxygens (including phenoxy) is 6.